The van der Waals surface area contributed by atoms with E-state index < -0.39 is 8.24 Å². The van der Waals surface area contributed by atoms with Crippen LogP contribution in [0, 0.1) is 0 Å². The normalized spacial score (nSPS) is 14.3. The van der Waals surface area contributed by atoms with Gasteiger partial charge in [0.05, 0.1) is 11.1 Å². The number of rotatable bonds is 3. The van der Waals surface area contributed by atoms with Gasteiger partial charge in [-0.2, -0.15) is 0 Å². The van der Waals surface area contributed by atoms with Gasteiger partial charge < -0.3 is 0 Å². The Hall–Kier alpha value is -2.98. The highest BCUT2D eigenvalue weighted by Gasteiger charge is 2.59. The van der Waals surface area contributed by atoms with E-state index in [1.807, 2.05) is 48.5 Å². The Morgan fingerprint density at radius 3 is 1.32 bits per heavy atom. The molecule has 28 heavy (non-hydrogen) atoms. The molecule has 1 aliphatic rings. The van der Waals surface area contributed by atoms with Gasteiger partial charge in [0, 0.05) is 0 Å². The number of imide groups is 1. The van der Waals surface area contributed by atoms with Crippen molar-refractivity contribution in [2.24, 2.45) is 0 Å². The van der Waals surface area contributed by atoms with E-state index >= 15 is 0 Å². The van der Waals surface area contributed by atoms with Crippen LogP contribution in [0.15, 0.2) is 84.9 Å². The molecule has 0 radical (unpaired) electrons. The van der Waals surface area contributed by atoms with E-state index in [0.717, 1.165) is 10.4 Å². The molecule has 140 valence electrons. The van der Waals surface area contributed by atoms with Gasteiger partial charge in [0.1, 0.15) is 0 Å². The topological polar surface area (TPSA) is 37.4 Å². The summed E-state index contributed by atoms with van der Waals surface area (Å²) in [4.78, 5) is 27.2. The molecule has 0 aliphatic carbocycles. The molecule has 1 heterocycles. The van der Waals surface area contributed by atoms with Crippen LogP contribution in [0.4, 0.5) is 0 Å². The Morgan fingerprint density at radius 2 is 0.964 bits per heavy atom. The minimum Gasteiger partial charge on any atom is -0.294 e. The van der Waals surface area contributed by atoms with E-state index in [-0.39, 0.29) is 16.9 Å². The molecule has 2 amide bonds. The fourth-order valence-electron chi connectivity index (χ4n) is 4.48. The number of benzene rings is 3. The number of hydrogen-bond donors (Lipinski definition) is 0. The molecular weight excluding hydrogens is 362 g/mol. The van der Waals surface area contributed by atoms with Crippen molar-refractivity contribution in [3.05, 3.63) is 96.1 Å². The Labute approximate surface area is 166 Å². The maximum atomic E-state index is 13.6. The first-order valence-corrected chi connectivity index (χ1v) is 11.4. The Morgan fingerprint density at radius 1 is 0.607 bits per heavy atom. The van der Waals surface area contributed by atoms with Gasteiger partial charge >= 0.3 is 0 Å². The summed E-state index contributed by atoms with van der Waals surface area (Å²) in [5.74, 6) is -0.371. The van der Waals surface area contributed by atoms with E-state index in [0.29, 0.717) is 11.1 Å². The van der Waals surface area contributed by atoms with Crippen molar-refractivity contribution in [1.29, 1.82) is 0 Å². The van der Waals surface area contributed by atoms with Crippen molar-refractivity contribution in [2.75, 3.05) is 0 Å². The number of carbonyl (C=O) groups is 2. The molecule has 0 N–H and O–H groups in total. The van der Waals surface area contributed by atoms with Gasteiger partial charge in [-0.05, 0) is 27.5 Å². The summed E-state index contributed by atoms with van der Waals surface area (Å²) < 4.78 is 1.61. The average Bonchev–Trinajstić information content (AvgIpc) is 2.95. The molecular formula is C24H23NO2Si. The smallest absolute Gasteiger partial charge is 0.254 e. The average molecular weight is 386 g/mol. The fraction of sp³-hybridized carbons (Fsp3) is 0.167. The first-order valence-electron chi connectivity index (χ1n) is 9.48. The maximum Gasteiger partial charge on any atom is 0.254 e. The van der Waals surface area contributed by atoms with Gasteiger partial charge in [0.25, 0.3) is 11.8 Å². The monoisotopic (exact) mass is 385 g/mol. The summed E-state index contributed by atoms with van der Waals surface area (Å²) >= 11 is 0. The third-order valence-electron chi connectivity index (χ3n) is 5.60. The zero-order valence-corrected chi connectivity index (χ0v) is 17.3. The van der Waals surface area contributed by atoms with E-state index in [4.69, 9.17) is 0 Å². The fourth-order valence-corrected chi connectivity index (χ4v) is 9.93. The first-order chi connectivity index (χ1) is 13.4. The van der Waals surface area contributed by atoms with Crippen LogP contribution in [0.1, 0.15) is 41.5 Å². The summed E-state index contributed by atoms with van der Waals surface area (Å²) in [6.45, 7) is 6.42. The number of fused-ring (bicyclic) bond motifs is 1. The number of amides is 2. The predicted molar refractivity (Wildman–Crippen MR) is 115 cm³/mol. The molecule has 0 saturated carbocycles. The van der Waals surface area contributed by atoms with Crippen LogP contribution in [0.2, 0.25) is 5.04 Å². The second-order valence-electron chi connectivity index (χ2n) is 8.18. The number of carbonyl (C=O) groups excluding carboxylic acids is 2. The summed E-state index contributed by atoms with van der Waals surface area (Å²) in [5, 5.41) is 1.80. The van der Waals surface area contributed by atoms with Gasteiger partial charge in [-0.1, -0.05) is 93.6 Å². The van der Waals surface area contributed by atoms with Crippen LogP contribution < -0.4 is 10.4 Å². The molecule has 3 aromatic rings. The van der Waals surface area contributed by atoms with Gasteiger partial charge in [0.15, 0.2) is 0 Å². The van der Waals surface area contributed by atoms with Crippen LogP contribution in [-0.2, 0) is 0 Å². The molecule has 0 unspecified atom stereocenters. The maximum absolute atomic E-state index is 13.6. The lowest BCUT2D eigenvalue weighted by atomic mass is 10.1. The largest absolute Gasteiger partial charge is 0.294 e. The molecule has 0 aromatic heterocycles. The minimum atomic E-state index is -3.01. The Kier molecular flexibility index (Phi) is 4.31. The Bertz CT molecular complexity index is 964. The highest BCUT2D eigenvalue weighted by molar-refractivity contribution is 7.05. The molecule has 4 heteroatoms. The van der Waals surface area contributed by atoms with Crippen molar-refractivity contribution < 1.29 is 9.59 Å². The van der Waals surface area contributed by atoms with Crippen LogP contribution in [0.25, 0.3) is 0 Å². The molecule has 0 spiro atoms. The van der Waals surface area contributed by atoms with Gasteiger partial charge in [-0.25, -0.2) is 0 Å². The second kappa shape index (κ2) is 6.57. The van der Waals surface area contributed by atoms with Gasteiger partial charge in [-0.3, -0.25) is 14.2 Å². The predicted octanol–water partition coefficient (Wildman–Crippen LogP) is 3.84. The molecule has 3 nitrogen and oxygen atoms in total. The molecule has 0 bridgehead atoms. The van der Waals surface area contributed by atoms with E-state index in [2.05, 4.69) is 45.0 Å². The summed E-state index contributed by atoms with van der Waals surface area (Å²) in [6, 6.07) is 27.3. The standard InChI is InChI=1S/C24H23NO2Si/c1-24(2,3)28(18-12-6-4-7-13-18,19-14-8-5-9-15-19)25-22(26)20-16-10-11-17-21(20)23(25)27/h4-17H,1-3H3. The SMILES string of the molecule is CC(C)(C)[Si](c1ccccc1)(c1ccccc1)N1C(=O)c2ccccc2C1=O. The molecule has 0 saturated heterocycles. The van der Waals surface area contributed by atoms with Crippen LogP contribution in [0.5, 0.6) is 0 Å². The van der Waals surface area contributed by atoms with Crippen LogP contribution in [-0.4, -0.2) is 24.6 Å². The minimum absolute atomic E-state index is 0.185. The second-order valence-corrected chi connectivity index (χ2v) is 12.7. The summed E-state index contributed by atoms with van der Waals surface area (Å²) in [6.07, 6.45) is 0. The van der Waals surface area contributed by atoms with Crippen molar-refractivity contribution in [1.82, 2.24) is 4.57 Å². The molecule has 4 rings (SSSR count). The van der Waals surface area contributed by atoms with Gasteiger partial charge in [0.2, 0.25) is 8.24 Å². The third-order valence-corrected chi connectivity index (χ3v) is 11.2. The molecule has 1 aliphatic heterocycles. The van der Waals surface area contributed by atoms with Crippen molar-refractivity contribution >= 4 is 30.4 Å². The van der Waals surface area contributed by atoms with Crippen molar-refractivity contribution in [3.63, 3.8) is 0 Å². The van der Waals surface area contributed by atoms with Crippen LogP contribution in [0.3, 0.4) is 0 Å². The highest BCUT2D eigenvalue weighted by atomic mass is 28.3. The van der Waals surface area contributed by atoms with E-state index in [1.165, 1.54) is 0 Å². The van der Waals surface area contributed by atoms with E-state index in [9.17, 15) is 9.59 Å². The van der Waals surface area contributed by atoms with E-state index in [1.54, 1.807) is 16.7 Å². The summed E-state index contributed by atoms with van der Waals surface area (Å²) in [7, 11) is -3.01. The van der Waals surface area contributed by atoms with Crippen molar-refractivity contribution in [2.45, 2.75) is 25.8 Å². The highest BCUT2D eigenvalue weighted by Crippen LogP contribution is 2.41. The first kappa shape index (κ1) is 18.4. The lowest BCUT2D eigenvalue weighted by Crippen LogP contribution is -2.76. The van der Waals surface area contributed by atoms with Crippen molar-refractivity contribution in [3.8, 4) is 0 Å². The van der Waals surface area contributed by atoms with Gasteiger partial charge in [-0.15, -0.1) is 0 Å². The molecule has 3 aromatic carbocycles. The zero-order valence-electron chi connectivity index (χ0n) is 16.3. The summed E-state index contributed by atoms with van der Waals surface area (Å²) in [5.41, 5.74) is 1.00. The number of hydrogen-bond acceptors (Lipinski definition) is 2. The quantitative estimate of drug-likeness (QED) is 0.507. The lowest BCUT2D eigenvalue weighted by molar-refractivity contribution is 0.0749. The molecule has 0 fully saturated rings. The Balaban J connectivity index is 2.08. The zero-order chi connectivity index (χ0) is 19.9. The number of nitrogens with zero attached hydrogens (tertiary/aromatic N) is 1. The third kappa shape index (κ3) is 2.48. The van der Waals surface area contributed by atoms with Crippen LogP contribution >= 0.6 is 0 Å². The molecule has 0 atom stereocenters. The lowest BCUT2D eigenvalue weighted by Gasteiger charge is -2.48.